The van der Waals surface area contributed by atoms with Gasteiger partial charge in [0.15, 0.2) is 5.69 Å². The van der Waals surface area contributed by atoms with Crippen LogP contribution in [0.3, 0.4) is 0 Å². The lowest BCUT2D eigenvalue weighted by molar-refractivity contribution is -0.119. The Bertz CT molecular complexity index is 1190. The van der Waals surface area contributed by atoms with Crippen molar-refractivity contribution >= 4 is 29.0 Å². The molecule has 31 heavy (non-hydrogen) atoms. The fourth-order valence-electron chi connectivity index (χ4n) is 3.27. The number of anilines is 2. The molecule has 0 saturated heterocycles. The highest BCUT2D eigenvalue weighted by Crippen LogP contribution is 2.23. The summed E-state index contributed by atoms with van der Waals surface area (Å²) in [6.07, 6.45) is 2.98. The van der Waals surface area contributed by atoms with Crippen LogP contribution in [0.15, 0.2) is 32.4 Å². The van der Waals surface area contributed by atoms with Crippen LogP contribution in [0.1, 0.15) is 36.9 Å². The summed E-state index contributed by atoms with van der Waals surface area (Å²) in [6.45, 7) is 5.56. The van der Waals surface area contributed by atoms with Crippen molar-refractivity contribution in [1.29, 1.82) is 0 Å². The van der Waals surface area contributed by atoms with E-state index < -0.39 is 17.2 Å². The molecule has 166 valence electrons. The van der Waals surface area contributed by atoms with Crippen LogP contribution >= 0.6 is 11.6 Å². The minimum absolute atomic E-state index is 0.0435. The van der Waals surface area contributed by atoms with Gasteiger partial charge in [0, 0.05) is 6.54 Å². The third-order valence-corrected chi connectivity index (χ3v) is 5.54. The Kier molecular flexibility index (Phi) is 6.69. The summed E-state index contributed by atoms with van der Waals surface area (Å²) in [4.78, 5) is 41.8. The zero-order valence-electron chi connectivity index (χ0n) is 17.6. The van der Waals surface area contributed by atoms with Gasteiger partial charge in [0.25, 0.3) is 5.56 Å². The number of hydrogen-bond donors (Lipinski definition) is 2. The highest BCUT2D eigenvalue weighted by atomic mass is 35.5. The van der Waals surface area contributed by atoms with Crippen LogP contribution in [-0.2, 0) is 24.4 Å². The number of furan rings is 1. The number of aryl methyl sites for hydroxylation is 1. The molecule has 0 aromatic carbocycles. The van der Waals surface area contributed by atoms with E-state index >= 15 is 0 Å². The second kappa shape index (κ2) is 9.25. The summed E-state index contributed by atoms with van der Waals surface area (Å²) < 4.78 is 8.10. The van der Waals surface area contributed by atoms with Crippen molar-refractivity contribution in [3.8, 4) is 0 Å². The number of nitrogens with two attached hydrogens (primary N) is 1. The maximum atomic E-state index is 13.3. The Morgan fingerprint density at radius 2 is 2.10 bits per heavy atom. The van der Waals surface area contributed by atoms with Crippen molar-refractivity contribution in [2.24, 2.45) is 0 Å². The number of nitrogen functional groups attached to an aromatic ring is 1. The summed E-state index contributed by atoms with van der Waals surface area (Å²) in [5.74, 6) is -0.0880. The molecule has 0 aliphatic heterocycles. The first-order valence-corrected chi connectivity index (χ1v) is 10.3. The van der Waals surface area contributed by atoms with Gasteiger partial charge in [-0.2, -0.15) is 5.10 Å². The van der Waals surface area contributed by atoms with Crippen LogP contribution in [0.2, 0.25) is 5.02 Å². The first-order valence-electron chi connectivity index (χ1n) is 9.89. The maximum absolute atomic E-state index is 13.3. The van der Waals surface area contributed by atoms with Crippen molar-refractivity contribution in [1.82, 2.24) is 19.3 Å². The number of nitrogens with zero attached hydrogens (tertiary/aromatic N) is 4. The second-order valence-corrected chi connectivity index (χ2v) is 7.58. The fraction of sp³-hybridized carbons (Fsp3) is 0.400. The number of unbranched alkanes of at least 4 members (excludes halogenated alkanes) is 1. The number of amides is 1. The SMILES string of the molecule is CCCCn1c(N)c(N(Cc2ccco2)C(=O)Cn2nc(C)c(Cl)c2C)c(=O)[nH]c1=O. The van der Waals surface area contributed by atoms with Gasteiger partial charge in [0.2, 0.25) is 5.91 Å². The van der Waals surface area contributed by atoms with E-state index in [-0.39, 0.29) is 24.6 Å². The lowest BCUT2D eigenvalue weighted by atomic mass is 10.3. The van der Waals surface area contributed by atoms with Gasteiger partial charge in [-0.25, -0.2) is 4.79 Å². The summed E-state index contributed by atoms with van der Waals surface area (Å²) in [5, 5.41) is 4.75. The van der Waals surface area contributed by atoms with Gasteiger partial charge in [0.1, 0.15) is 18.1 Å². The van der Waals surface area contributed by atoms with Gasteiger partial charge in [-0.05, 0) is 32.4 Å². The third kappa shape index (κ3) is 4.58. The Hall–Kier alpha value is -3.27. The highest BCUT2D eigenvalue weighted by Gasteiger charge is 2.26. The molecule has 0 atom stereocenters. The maximum Gasteiger partial charge on any atom is 0.330 e. The lowest BCUT2D eigenvalue weighted by Crippen LogP contribution is -2.42. The molecule has 0 aliphatic carbocycles. The number of carbonyl (C=O) groups excluding carboxylic acids is 1. The molecule has 1 amide bonds. The molecular weight excluding hydrogens is 424 g/mol. The molecule has 3 heterocycles. The zero-order valence-corrected chi connectivity index (χ0v) is 18.4. The number of nitrogens with one attached hydrogen (secondary N) is 1. The molecule has 0 aliphatic rings. The van der Waals surface area contributed by atoms with Crippen LogP contribution in [0.4, 0.5) is 11.5 Å². The van der Waals surface area contributed by atoms with E-state index in [9.17, 15) is 14.4 Å². The normalized spacial score (nSPS) is 11.1. The lowest BCUT2D eigenvalue weighted by Gasteiger charge is -2.24. The van der Waals surface area contributed by atoms with E-state index in [0.29, 0.717) is 35.1 Å². The van der Waals surface area contributed by atoms with E-state index in [1.54, 1.807) is 26.0 Å². The van der Waals surface area contributed by atoms with Crippen molar-refractivity contribution < 1.29 is 9.21 Å². The summed E-state index contributed by atoms with van der Waals surface area (Å²) in [5.41, 5.74) is 5.97. The molecule has 3 N–H and O–H groups in total. The van der Waals surface area contributed by atoms with Gasteiger partial charge in [0.05, 0.1) is 29.2 Å². The largest absolute Gasteiger partial charge is 0.467 e. The van der Waals surface area contributed by atoms with Crippen molar-refractivity contribution in [3.63, 3.8) is 0 Å². The molecule has 11 heteroatoms. The zero-order chi connectivity index (χ0) is 22.7. The van der Waals surface area contributed by atoms with E-state index in [1.165, 1.54) is 20.4 Å². The number of hydrogen-bond acceptors (Lipinski definition) is 6. The second-order valence-electron chi connectivity index (χ2n) is 7.20. The van der Waals surface area contributed by atoms with Crippen LogP contribution in [-0.4, -0.2) is 25.2 Å². The predicted octanol–water partition coefficient (Wildman–Crippen LogP) is 2.21. The molecule has 0 spiro atoms. The molecule has 10 nitrogen and oxygen atoms in total. The van der Waals surface area contributed by atoms with E-state index in [4.69, 9.17) is 21.8 Å². The quantitative estimate of drug-likeness (QED) is 0.543. The first kappa shape index (κ1) is 22.4. The molecular formula is C20H25ClN6O4. The van der Waals surface area contributed by atoms with Gasteiger partial charge >= 0.3 is 5.69 Å². The van der Waals surface area contributed by atoms with Crippen LogP contribution in [0.5, 0.6) is 0 Å². The van der Waals surface area contributed by atoms with Gasteiger partial charge in [-0.15, -0.1) is 0 Å². The molecule has 0 fully saturated rings. The molecule has 0 saturated carbocycles. The van der Waals surface area contributed by atoms with E-state index in [1.807, 2.05) is 6.92 Å². The number of aromatic amines is 1. The van der Waals surface area contributed by atoms with E-state index in [0.717, 1.165) is 6.42 Å². The Morgan fingerprint density at radius 3 is 2.68 bits per heavy atom. The van der Waals surface area contributed by atoms with Crippen molar-refractivity contribution in [3.05, 3.63) is 61.4 Å². The Morgan fingerprint density at radius 1 is 1.35 bits per heavy atom. The Balaban J connectivity index is 2.07. The summed E-state index contributed by atoms with van der Waals surface area (Å²) >= 11 is 6.19. The van der Waals surface area contributed by atoms with Crippen LogP contribution in [0.25, 0.3) is 0 Å². The average Bonchev–Trinajstić information content (AvgIpc) is 3.31. The molecule has 0 bridgehead atoms. The summed E-state index contributed by atoms with van der Waals surface area (Å²) in [6, 6.07) is 3.35. The Labute approximate surface area is 183 Å². The minimum atomic E-state index is -0.749. The van der Waals surface area contributed by atoms with Crippen LogP contribution in [0, 0.1) is 13.8 Å². The number of carbonyl (C=O) groups is 1. The minimum Gasteiger partial charge on any atom is -0.467 e. The third-order valence-electron chi connectivity index (χ3n) is 4.99. The first-order chi connectivity index (χ1) is 14.7. The molecule has 3 rings (SSSR count). The average molecular weight is 449 g/mol. The smallest absolute Gasteiger partial charge is 0.330 e. The monoisotopic (exact) mass is 448 g/mol. The standard InChI is InChI=1S/C20H25ClN6O4/c1-4-5-8-25-18(22)17(19(29)23-20(25)30)26(10-14-7-6-9-31-14)15(28)11-27-13(3)16(21)12(2)24-27/h6-7,9H,4-5,8,10-11,22H2,1-3H3,(H,23,29,30). The number of rotatable bonds is 8. The van der Waals surface area contributed by atoms with Gasteiger partial charge < -0.3 is 10.2 Å². The number of aromatic nitrogens is 4. The molecule has 0 unspecified atom stereocenters. The molecule has 0 radical (unpaired) electrons. The number of H-pyrrole nitrogens is 1. The van der Waals surface area contributed by atoms with Crippen molar-refractivity contribution in [2.75, 3.05) is 10.6 Å². The highest BCUT2D eigenvalue weighted by molar-refractivity contribution is 6.31. The van der Waals surface area contributed by atoms with E-state index in [2.05, 4.69) is 10.1 Å². The summed E-state index contributed by atoms with van der Waals surface area (Å²) in [7, 11) is 0. The number of halogens is 1. The van der Waals surface area contributed by atoms with Gasteiger partial charge in [-0.1, -0.05) is 24.9 Å². The van der Waals surface area contributed by atoms with Gasteiger partial charge in [-0.3, -0.25) is 28.7 Å². The molecule has 3 aromatic heterocycles. The predicted molar refractivity (Wildman–Crippen MR) is 117 cm³/mol. The molecule has 3 aromatic rings. The van der Waals surface area contributed by atoms with Crippen molar-refractivity contribution in [2.45, 2.75) is 53.2 Å². The fourth-order valence-corrected chi connectivity index (χ4v) is 3.40. The van der Waals surface area contributed by atoms with Crippen LogP contribution < -0.4 is 21.9 Å². The topological polar surface area (TPSA) is 132 Å².